The minimum atomic E-state index is 0.337. The lowest BCUT2D eigenvalue weighted by Gasteiger charge is -2.16. The van der Waals surface area contributed by atoms with E-state index in [1.807, 2.05) is 4.57 Å². The highest BCUT2D eigenvalue weighted by Crippen LogP contribution is 2.24. The van der Waals surface area contributed by atoms with E-state index in [0.717, 1.165) is 31.4 Å². The van der Waals surface area contributed by atoms with E-state index >= 15 is 0 Å². The zero-order valence-electron chi connectivity index (χ0n) is 9.46. The van der Waals surface area contributed by atoms with Crippen molar-refractivity contribution in [1.82, 2.24) is 9.55 Å². The normalized spacial score (nSPS) is 12.8. The molecule has 1 atom stereocenters. The Morgan fingerprint density at radius 3 is 2.67 bits per heavy atom. The number of aryl methyl sites for hydroxylation is 1. The first-order valence-electron chi connectivity index (χ1n) is 5.37. The number of imidazole rings is 1. The first kappa shape index (κ1) is 12.4. The van der Waals surface area contributed by atoms with E-state index in [2.05, 4.69) is 41.7 Å². The molecule has 0 radical (unpaired) electrons. The van der Waals surface area contributed by atoms with Crippen molar-refractivity contribution >= 4 is 22.2 Å². The van der Waals surface area contributed by atoms with Crippen LogP contribution in [0.3, 0.4) is 0 Å². The number of hydrogen-bond donors (Lipinski definition) is 0. The van der Waals surface area contributed by atoms with Crippen LogP contribution in [0.25, 0.3) is 0 Å². The number of aldehydes is 1. The summed E-state index contributed by atoms with van der Waals surface area (Å²) >= 11 is 3.33. The molecular weight excluding hydrogens is 256 g/mol. The quantitative estimate of drug-likeness (QED) is 0.771. The van der Waals surface area contributed by atoms with Crippen molar-refractivity contribution in [1.29, 1.82) is 0 Å². The highest BCUT2D eigenvalue weighted by atomic mass is 79.9. The predicted octanol–water partition coefficient (Wildman–Crippen LogP) is 3.38. The molecule has 0 spiro atoms. The molecule has 0 aliphatic rings. The van der Waals surface area contributed by atoms with Gasteiger partial charge in [-0.3, -0.25) is 4.79 Å². The monoisotopic (exact) mass is 272 g/mol. The Balaban J connectivity index is 3.16. The molecule has 3 nitrogen and oxygen atoms in total. The molecule has 4 heteroatoms. The second-order valence-corrected chi connectivity index (χ2v) is 4.43. The van der Waals surface area contributed by atoms with Crippen LogP contribution in [0.2, 0.25) is 0 Å². The minimum absolute atomic E-state index is 0.337. The van der Waals surface area contributed by atoms with Gasteiger partial charge < -0.3 is 4.57 Å². The molecule has 0 aromatic carbocycles. The Bertz CT molecular complexity index is 347. The second kappa shape index (κ2) is 5.45. The maximum absolute atomic E-state index is 11.0. The topological polar surface area (TPSA) is 34.9 Å². The lowest BCUT2D eigenvalue weighted by molar-refractivity contribution is 0.111. The van der Waals surface area contributed by atoms with E-state index in [9.17, 15) is 4.79 Å². The molecule has 0 amide bonds. The molecule has 0 saturated carbocycles. The summed E-state index contributed by atoms with van der Waals surface area (Å²) in [5.74, 6) is 0.977. The lowest BCUT2D eigenvalue weighted by atomic mass is 10.2. The van der Waals surface area contributed by atoms with Crippen LogP contribution in [-0.2, 0) is 6.42 Å². The zero-order valence-corrected chi connectivity index (χ0v) is 11.0. The fourth-order valence-corrected chi connectivity index (χ4v) is 2.35. The fourth-order valence-electron chi connectivity index (χ4n) is 1.86. The van der Waals surface area contributed by atoms with Gasteiger partial charge in [-0.2, -0.15) is 0 Å². The molecule has 84 valence electrons. The maximum Gasteiger partial charge on any atom is 0.169 e. The molecule has 0 N–H and O–H groups in total. The van der Waals surface area contributed by atoms with E-state index in [4.69, 9.17) is 0 Å². The third-order valence-electron chi connectivity index (χ3n) is 2.55. The molecule has 1 rings (SSSR count). The van der Waals surface area contributed by atoms with Crippen molar-refractivity contribution in [3.63, 3.8) is 0 Å². The van der Waals surface area contributed by atoms with Gasteiger partial charge in [0.1, 0.15) is 16.1 Å². The largest absolute Gasteiger partial charge is 0.322 e. The molecule has 0 fully saturated rings. The van der Waals surface area contributed by atoms with Crippen molar-refractivity contribution in [2.45, 2.75) is 46.1 Å². The van der Waals surface area contributed by atoms with Crippen molar-refractivity contribution in [3.8, 4) is 0 Å². The molecule has 15 heavy (non-hydrogen) atoms. The average Bonchev–Trinajstić information content (AvgIpc) is 2.54. The van der Waals surface area contributed by atoms with Gasteiger partial charge in [-0.25, -0.2) is 4.98 Å². The molecule has 0 bridgehead atoms. The minimum Gasteiger partial charge on any atom is -0.322 e. The smallest absolute Gasteiger partial charge is 0.169 e. The van der Waals surface area contributed by atoms with Gasteiger partial charge in [-0.05, 0) is 29.3 Å². The zero-order chi connectivity index (χ0) is 11.4. The lowest BCUT2D eigenvalue weighted by Crippen LogP contribution is -2.11. The van der Waals surface area contributed by atoms with Gasteiger partial charge in [-0.1, -0.05) is 20.3 Å². The first-order chi connectivity index (χ1) is 7.15. The Kier molecular flexibility index (Phi) is 4.51. The molecular formula is C11H17BrN2O. The number of hydrogen-bond acceptors (Lipinski definition) is 2. The Morgan fingerprint density at radius 1 is 1.53 bits per heavy atom. The molecule has 0 aliphatic heterocycles. The molecule has 0 aliphatic carbocycles. The average molecular weight is 273 g/mol. The van der Waals surface area contributed by atoms with Gasteiger partial charge >= 0.3 is 0 Å². The summed E-state index contributed by atoms with van der Waals surface area (Å²) in [5.41, 5.74) is 0.660. The van der Waals surface area contributed by atoms with Gasteiger partial charge in [0.2, 0.25) is 0 Å². The predicted molar refractivity (Wildman–Crippen MR) is 64.3 cm³/mol. The Morgan fingerprint density at radius 2 is 2.20 bits per heavy atom. The standard InChI is InChI=1S/C11H17BrN2O/c1-4-6-8(3)14-9(7-15)11(12)13-10(14)5-2/h7-8H,4-6H2,1-3H3. The summed E-state index contributed by atoms with van der Waals surface area (Å²) in [5, 5.41) is 0. The number of nitrogens with zero attached hydrogens (tertiary/aromatic N) is 2. The Hall–Kier alpha value is -0.640. The number of aromatic nitrogens is 2. The van der Waals surface area contributed by atoms with E-state index in [-0.39, 0.29) is 0 Å². The molecule has 1 heterocycles. The summed E-state index contributed by atoms with van der Waals surface area (Å²) in [6, 6.07) is 0.337. The molecule has 1 aromatic heterocycles. The van der Waals surface area contributed by atoms with Crippen LogP contribution in [0.5, 0.6) is 0 Å². The fraction of sp³-hybridized carbons (Fsp3) is 0.636. The van der Waals surface area contributed by atoms with Crippen LogP contribution in [0.1, 0.15) is 56.0 Å². The van der Waals surface area contributed by atoms with Gasteiger partial charge in [0.05, 0.1) is 0 Å². The summed E-state index contributed by atoms with van der Waals surface area (Å²) in [6.45, 7) is 6.33. The summed E-state index contributed by atoms with van der Waals surface area (Å²) in [4.78, 5) is 15.3. The van der Waals surface area contributed by atoms with E-state index < -0.39 is 0 Å². The second-order valence-electron chi connectivity index (χ2n) is 3.68. The highest BCUT2D eigenvalue weighted by Gasteiger charge is 2.17. The maximum atomic E-state index is 11.0. The number of carbonyl (C=O) groups is 1. The van der Waals surface area contributed by atoms with Crippen LogP contribution in [-0.4, -0.2) is 15.8 Å². The highest BCUT2D eigenvalue weighted by molar-refractivity contribution is 9.10. The van der Waals surface area contributed by atoms with Crippen LogP contribution in [0, 0.1) is 0 Å². The number of carbonyl (C=O) groups excluding carboxylic acids is 1. The number of rotatable bonds is 5. The van der Waals surface area contributed by atoms with Gasteiger partial charge in [0.25, 0.3) is 0 Å². The first-order valence-corrected chi connectivity index (χ1v) is 6.16. The van der Waals surface area contributed by atoms with Gasteiger partial charge in [0.15, 0.2) is 6.29 Å². The van der Waals surface area contributed by atoms with Gasteiger partial charge in [0, 0.05) is 12.5 Å². The Labute approximate surface area is 99.0 Å². The molecule has 0 saturated heterocycles. The SMILES string of the molecule is CCCC(C)n1c(CC)nc(Br)c1C=O. The van der Waals surface area contributed by atoms with Crippen LogP contribution in [0.15, 0.2) is 4.60 Å². The summed E-state index contributed by atoms with van der Waals surface area (Å²) < 4.78 is 2.71. The van der Waals surface area contributed by atoms with Gasteiger partial charge in [-0.15, -0.1) is 0 Å². The van der Waals surface area contributed by atoms with E-state index in [1.54, 1.807) is 0 Å². The summed E-state index contributed by atoms with van der Waals surface area (Å²) in [6.07, 6.45) is 3.90. The van der Waals surface area contributed by atoms with E-state index in [0.29, 0.717) is 16.3 Å². The van der Waals surface area contributed by atoms with Crippen molar-refractivity contribution in [3.05, 3.63) is 16.1 Å². The molecule has 1 aromatic rings. The van der Waals surface area contributed by atoms with Crippen LogP contribution in [0.4, 0.5) is 0 Å². The third-order valence-corrected chi connectivity index (χ3v) is 3.13. The molecule has 1 unspecified atom stereocenters. The number of halogens is 1. The van der Waals surface area contributed by atoms with Crippen molar-refractivity contribution < 1.29 is 4.79 Å². The third kappa shape index (κ3) is 2.48. The van der Waals surface area contributed by atoms with Crippen molar-refractivity contribution in [2.24, 2.45) is 0 Å². The van der Waals surface area contributed by atoms with Crippen molar-refractivity contribution in [2.75, 3.05) is 0 Å². The van der Waals surface area contributed by atoms with Crippen LogP contribution >= 0.6 is 15.9 Å². The van der Waals surface area contributed by atoms with E-state index in [1.165, 1.54) is 0 Å². The van der Waals surface area contributed by atoms with Crippen LogP contribution < -0.4 is 0 Å². The summed E-state index contributed by atoms with van der Waals surface area (Å²) in [7, 11) is 0.